The van der Waals surface area contributed by atoms with Gasteiger partial charge in [0.15, 0.2) is 0 Å². The fourth-order valence-electron chi connectivity index (χ4n) is 2.40. The molecule has 1 aromatic carbocycles. The summed E-state index contributed by atoms with van der Waals surface area (Å²) in [7, 11) is 0. The SMILES string of the molecule is CC(C)(C)OC(=O)N[C@H]1CCC(=O)N[C@@H]1c1ccc(Cl)cc1. The first-order chi connectivity index (χ1) is 10.2. The fourth-order valence-corrected chi connectivity index (χ4v) is 2.53. The number of rotatable bonds is 2. The summed E-state index contributed by atoms with van der Waals surface area (Å²) in [5.74, 6) is -0.0258. The molecule has 2 atom stereocenters. The van der Waals surface area contributed by atoms with Crippen molar-refractivity contribution in [2.75, 3.05) is 0 Å². The van der Waals surface area contributed by atoms with Crippen LogP contribution in [0.4, 0.5) is 4.79 Å². The molecule has 2 N–H and O–H groups in total. The molecule has 0 radical (unpaired) electrons. The molecule has 1 aliphatic rings. The van der Waals surface area contributed by atoms with Gasteiger partial charge in [0.2, 0.25) is 5.91 Å². The van der Waals surface area contributed by atoms with Gasteiger partial charge in [-0.15, -0.1) is 0 Å². The van der Waals surface area contributed by atoms with Crippen LogP contribution in [0.2, 0.25) is 5.02 Å². The second-order valence-electron chi connectivity index (χ2n) is 6.39. The first-order valence-electron chi connectivity index (χ1n) is 7.29. The average molecular weight is 325 g/mol. The lowest BCUT2D eigenvalue weighted by molar-refractivity contribution is -0.123. The first-order valence-corrected chi connectivity index (χ1v) is 7.67. The van der Waals surface area contributed by atoms with Gasteiger partial charge >= 0.3 is 6.09 Å². The summed E-state index contributed by atoms with van der Waals surface area (Å²) in [6.07, 6.45) is 0.468. The Balaban J connectivity index is 2.11. The second-order valence-corrected chi connectivity index (χ2v) is 6.82. The van der Waals surface area contributed by atoms with Gasteiger partial charge in [0, 0.05) is 11.4 Å². The lowest BCUT2D eigenvalue weighted by Crippen LogP contribution is -2.51. The molecule has 1 heterocycles. The predicted octanol–water partition coefficient (Wildman–Crippen LogP) is 3.18. The van der Waals surface area contributed by atoms with Gasteiger partial charge < -0.3 is 15.4 Å². The Kier molecular flexibility index (Phi) is 4.96. The summed E-state index contributed by atoms with van der Waals surface area (Å²) in [5.41, 5.74) is 0.344. The number of carbonyl (C=O) groups is 2. The average Bonchev–Trinajstić information content (AvgIpc) is 2.40. The van der Waals surface area contributed by atoms with E-state index < -0.39 is 11.7 Å². The summed E-state index contributed by atoms with van der Waals surface area (Å²) in [5, 5.41) is 6.40. The van der Waals surface area contributed by atoms with Gasteiger partial charge in [-0.25, -0.2) is 4.79 Å². The molecule has 0 aromatic heterocycles. The van der Waals surface area contributed by atoms with Crippen LogP contribution in [0.5, 0.6) is 0 Å². The number of benzene rings is 1. The van der Waals surface area contributed by atoms with E-state index in [0.717, 1.165) is 5.56 Å². The third-order valence-electron chi connectivity index (χ3n) is 3.33. The molecule has 0 saturated carbocycles. The molecule has 1 fully saturated rings. The van der Waals surface area contributed by atoms with E-state index in [1.165, 1.54) is 0 Å². The number of hydrogen-bond acceptors (Lipinski definition) is 3. The minimum absolute atomic E-state index is 0.0258. The highest BCUT2D eigenvalue weighted by Crippen LogP contribution is 2.25. The van der Waals surface area contributed by atoms with Crippen molar-refractivity contribution in [3.05, 3.63) is 34.9 Å². The molecule has 2 amide bonds. The fraction of sp³-hybridized carbons (Fsp3) is 0.500. The molecule has 0 bridgehead atoms. The molecule has 22 heavy (non-hydrogen) atoms. The second kappa shape index (κ2) is 6.57. The minimum atomic E-state index is -0.558. The molecule has 0 aliphatic carbocycles. The van der Waals surface area contributed by atoms with Crippen molar-refractivity contribution in [2.45, 2.75) is 51.3 Å². The topological polar surface area (TPSA) is 67.4 Å². The van der Waals surface area contributed by atoms with E-state index in [1.54, 1.807) is 12.1 Å². The summed E-state index contributed by atoms with van der Waals surface area (Å²) in [6, 6.07) is 6.73. The standard InChI is InChI=1S/C16H21ClN2O3/c1-16(2,3)22-15(21)18-12-8-9-13(20)19-14(12)10-4-6-11(17)7-5-10/h4-7,12,14H,8-9H2,1-3H3,(H,18,21)(H,19,20)/t12-,14+/m0/s1. The molecule has 6 heteroatoms. The highest BCUT2D eigenvalue weighted by Gasteiger charge is 2.32. The Morgan fingerprint density at radius 1 is 1.32 bits per heavy atom. The van der Waals surface area contributed by atoms with Crippen molar-refractivity contribution < 1.29 is 14.3 Å². The zero-order chi connectivity index (χ0) is 16.3. The van der Waals surface area contributed by atoms with Crippen LogP contribution in [0.25, 0.3) is 0 Å². The number of ether oxygens (including phenoxy) is 1. The maximum Gasteiger partial charge on any atom is 0.407 e. The van der Waals surface area contributed by atoms with Crippen LogP contribution < -0.4 is 10.6 Å². The maximum atomic E-state index is 12.0. The highest BCUT2D eigenvalue weighted by molar-refractivity contribution is 6.30. The van der Waals surface area contributed by atoms with Gasteiger partial charge in [0.05, 0.1) is 12.1 Å². The molecule has 1 aromatic rings. The van der Waals surface area contributed by atoms with Crippen LogP contribution in [0.3, 0.4) is 0 Å². The number of hydrogen-bond donors (Lipinski definition) is 2. The largest absolute Gasteiger partial charge is 0.444 e. The summed E-state index contributed by atoms with van der Waals surface area (Å²) in [4.78, 5) is 23.7. The zero-order valence-electron chi connectivity index (χ0n) is 13.0. The van der Waals surface area contributed by atoms with Crippen molar-refractivity contribution in [1.29, 1.82) is 0 Å². The van der Waals surface area contributed by atoms with Crippen LogP contribution >= 0.6 is 11.6 Å². The van der Waals surface area contributed by atoms with Crippen LogP contribution in [0, 0.1) is 0 Å². The van der Waals surface area contributed by atoms with Gasteiger partial charge in [-0.05, 0) is 44.9 Å². The number of piperidine rings is 1. The number of carbonyl (C=O) groups excluding carboxylic acids is 2. The van der Waals surface area contributed by atoms with E-state index in [0.29, 0.717) is 17.9 Å². The summed E-state index contributed by atoms with van der Waals surface area (Å²) in [6.45, 7) is 5.43. The Morgan fingerprint density at radius 2 is 1.95 bits per heavy atom. The molecular weight excluding hydrogens is 304 g/mol. The van der Waals surface area contributed by atoms with Crippen LogP contribution in [0.15, 0.2) is 24.3 Å². The van der Waals surface area contributed by atoms with E-state index >= 15 is 0 Å². The molecule has 2 rings (SSSR count). The van der Waals surface area contributed by atoms with E-state index in [4.69, 9.17) is 16.3 Å². The van der Waals surface area contributed by atoms with Gasteiger partial charge in [-0.2, -0.15) is 0 Å². The maximum absolute atomic E-state index is 12.0. The van der Waals surface area contributed by atoms with Crippen molar-refractivity contribution in [3.8, 4) is 0 Å². The molecule has 0 unspecified atom stereocenters. The number of alkyl carbamates (subject to hydrolysis) is 1. The van der Waals surface area contributed by atoms with Crippen molar-refractivity contribution in [3.63, 3.8) is 0 Å². The third kappa shape index (κ3) is 4.63. The Morgan fingerprint density at radius 3 is 2.55 bits per heavy atom. The molecular formula is C16H21ClN2O3. The molecule has 1 aliphatic heterocycles. The van der Waals surface area contributed by atoms with Gasteiger partial charge in [0.1, 0.15) is 5.60 Å². The number of amides is 2. The van der Waals surface area contributed by atoms with E-state index in [1.807, 2.05) is 32.9 Å². The first kappa shape index (κ1) is 16.6. The monoisotopic (exact) mass is 324 g/mol. The predicted molar refractivity (Wildman–Crippen MR) is 84.7 cm³/mol. The van der Waals surface area contributed by atoms with Crippen molar-refractivity contribution in [2.24, 2.45) is 0 Å². The minimum Gasteiger partial charge on any atom is -0.444 e. The molecule has 5 nitrogen and oxygen atoms in total. The van der Waals surface area contributed by atoms with Crippen LogP contribution in [-0.4, -0.2) is 23.6 Å². The van der Waals surface area contributed by atoms with Gasteiger partial charge in [0.25, 0.3) is 0 Å². The van der Waals surface area contributed by atoms with Crippen LogP contribution in [-0.2, 0) is 9.53 Å². The van der Waals surface area contributed by atoms with Gasteiger partial charge in [-0.1, -0.05) is 23.7 Å². The molecule has 120 valence electrons. The lowest BCUT2D eigenvalue weighted by atomic mass is 9.92. The van der Waals surface area contributed by atoms with Crippen molar-refractivity contribution in [1.82, 2.24) is 10.6 Å². The lowest BCUT2D eigenvalue weighted by Gasteiger charge is -2.33. The van der Waals surface area contributed by atoms with E-state index in [2.05, 4.69) is 10.6 Å². The van der Waals surface area contributed by atoms with E-state index in [9.17, 15) is 9.59 Å². The smallest absolute Gasteiger partial charge is 0.407 e. The Bertz CT molecular complexity index is 552. The summed E-state index contributed by atoms with van der Waals surface area (Å²) >= 11 is 5.90. The van der Waals surface area contributed by atoms with Gasteiger partial charge in [-0.3, -0.25) is 4.79 Å². The quantitative estimate of drug-likeness (QED) is 0.878. The van der Waals surface area contributed by atoms with Crippen LogP contribution in [0.1, 0.15) is 45.2 Å². The summed E-state index contributed by atoms with van der Waals surface area (Å²) < 4.78 is 5.29. The zero-order valence-corrected chi connectivity index (χ0v) is 13.7. The number of halogens is 1. The number of nitrogens with one attached hydrogen (secondary N) is 2. The normalized spacial score (nSPS) is 21.9. The van der Waals surface area contributed by atoms with E-state index in [-0.39, 0.29) is 18.0 Å². The Labute approximate surface area is 135 Å². The molecule has 1 saturated heterocycles. The third-order valence-corrected chi connectivity index (χ3v) is 3.58. The Hall–Kier alpha value is -1.75. The van der Waals surface area contributed by atoms with Crippen molar-refractivity contribution >= 4 is 23.6 Å². The molecule has 0 spiro atoms. The highest BCUT2D eigenvalue weighted by atomic mass is 35.5.